The van der Waals surface area contributed by atoms with Crippen molar-refractivity contribution in [1.82, 2.24) is 0 Å². The molecule has 0 rings (SSSR count). The predicted molar refractivity (Wildman–Crippen MR) is 60.6 cm³/mol. The quantitative estimate of drug-likeness (QED) is 0.376. The van der Waals surface area contributed by atoms with Crippen LogP contribution >= 0.6 is 0 Å². The van der Waals surface area contributed by atoms with E-state index in [0.29, 0.717) is 0 Å². The molecule has 0 aromatic rings. The number of hydrogen-bond acceptors (Lipinski definition) is 6. The number of carboxylic acid groups (broad SMARTS) is 3. The first-order valence-electron chi connectivity index (χ1n) is 4.54. The van der Waals surface area contributed by atoms with E-state index in [0.717, 1.165) is 0 Å². The van der Waals surface area contributed by atoms with E-state index in [2.05, 4.69) is 19.7 Å². The zero-order valence-corrected chi connectivity index (χ0v) is 15.0. The van der Waals surface area contributed by atoms with Crippen LogP contribution in [-0.2, 0) is 31.5 Å². The summed E-state index contributed by atoms with van der Waals surface area (Å²) in [6, 6.07) is 0. The molecule has 8 heteroatoms. The van der Waals surface area contributed by atoms with Gasteiger partial charge in [-0.3, -0.25) is 0 Å². The largest absolute Gasteiger partial charge is 3.00 e. The van der Waals surface area contributed by atoms with Gasteiger partial charge in [-0.05, 0) is 37.5 Å². The van der Waals surface area contributed by atoms with E-state index in [1.54, 1.807) is 0 Å². The molecule has 0 N–H and O–H groups in total. The van der Waals surface area contributed by atoms with Crippen LogP contribution in [0.15, 0.2) is 36.5 Å². The van der Waals surface area contributed by atoms with Gasteiger partial charge in [0.1, 0.15) is 0 Å². The van der Waals surface area contributed by atoms with Crippen molar-refractivity contribution in [2.24, 2.45) is 0 Å². The predicted octanol–water partition coefficient (Wildman–Crippen LogP) is -4.95. The van der Waals surface area contributed by atoms with Crippen LogP contribution in [0.3, 0.4) is 0 Å². The van der Waals surface area contributed by atoms with Gasteiger partial charge in [0, 0.05) is 0 Å². The van der Waals surface area contributed by atoms with Gasteiger partial charge < -0.3 is 31.1 Å². The Labute approximate surface area is 152 Å². The van der Waals surface area contributed by atoms with Crippen molar-refractivity contribution in [2.75, 3.05) is 0 Å². The normalized spacial score (nSPS) is 6.75. The third-order valence-corrected chi connectivity index (χ3v) is 1.05. The Balaban J connectivity index is -0.0000000375. The summed E-state index contributed by atoms with van der Waals surface area (Å²) >= 11 is 0. The van der Waals surface area contributed by atoms with Crippen molar-refractivity contribution in [1.29, 1.82) is 0 Å². The van der Waals surface area contributed by atoms with E-state index in [4.69, 9.17) is 0 Å². The van der Waals surface area contributed by atoms with E-state index >= 15 is 0 Å². The minimum Gasteiger partial charge on any atom is -1.00 e. The first-order valence-corrected chi connectivity index (χ1v) is 4.54. The molecule has 20 heavy (non-hydrogen) atoms. The number of hydrogen-bond donors (Lipinski definition) is 0. The molecule has 0 spiro atoms. The second-order valence-electron chi connectivity index (χ2n) is 3.20. The second kappa shape index (κ2) is 18.1. The average molecular weight is 335 g/mol. The summed E-state index contributed by atoms with van der Waals surface area (Å²) in [5.41, 5.74) is 0.194. The van der Waals surface area contributed by atoms with Crippen molar-refractivity contribution < 1.29 is 77.8 Å². The maximum Gasteiger partial charge on any atom is 3.00 e. The summed E-state index contributed by atoms with van der Waals surface area (Å²) in [6.45, 7) is 13.4. The van der Waals surface area contributed by atoms with Gasteiger partial charge in [-0.1, -0.05) is 19.7 Å². The molecule has 0 amide bonds. The molecule has 0 heterocycles. The van der Waals surface area contributed by atoms with Crippen LogP contribution in [0.2, 0.25) is 0 Å². The molecule has 0 atom stereocenters. The summed E-state index contributed by atoms with van der Waals surface area (Å²) in [7, 11) is 0. The third-order valence-electron chi connectivity index (χ3n) is 1.05. The number of carbonyl (C=O) groups excluding carboxylic acids is 3. The fourth-order valence-corrected chi connectivity index (χ4v) is 0. The molecule has 0 unspecified atom stereocenters. The van der Waals surface area contributed by atoms with Crippen LogP contribution in [0, 0.1) is 0 Å². The van der Waals surface area contributed by atoms with Crippen molar-refractivity contribution in [3.8, 4) is 0 Å². The number of rotatable bonds is 3. The molecule has 0 aromatic heterocycles. The first-order chi connectivity index (χ1) is 7.93. The zero-order valence-electron chi connectivity index (χ0n) is 12.9. The fourth-order valence-electron chi connectivity index (χ4n) is 0. The smallest absolute Gasteiger partial charge is 1.00 e. The monoisotopic (exact) mass is 335 g/mol. The molecular formula is C12H16FeNaO6. The molecule has 109 valence electrons. The van der Waals surface area contributed by atoms with Crippen molar-refractivity contribution in [2.45, 2.75) is 20.8 Å². The summed E-state index contributed by atoms with van der Waals surface area (Å²) < 4.78 is 0. The maximum absolute atomic E-state index is 9.49. The molecule has 0 saturated heterocycles. The summed E-state index contributed by atoms with van der Waals surface area (Å²) in [6.07, 6.45) is 0. The van der Waals surface area contributed by atoms with Gasteiger partial charge in [-0.2, -0.15) is 0 Å². The van der Waals surface area contributed by atoms with Gasteiger partial charge in [-0.25, -0.2) is 0 Å². The SMILES string of the molecule is C=C(C)C(=O)[O-].C=C(C)C(=O)[O-].C=C(C)C(=O)[O-].[Fe+3].[H-].[Na+]. The fraction of sp³-hybridized carbons (Fsp3) is 0.250. The van der Waals surface area contributed by atoms with Gasteiger partial charge in [0.25, 0.3) is 0 Å². The molecule has 0 saturated carbocycles. The van der Waals surface area contributed by atoms with E-state index in [9.17, 15) is 29.7 Å². The Morgan fingerprint density at radius 3 is 0.750 bits per heavy atom. The summed E-state index contributed by atoms with van der Waals surface area (Å²) in [5, 5.41) is 28.5. The van der Waals surface area contributed by atoms with Crippen LogP contribution < -0.4 is 44.9 Å². The van der Waals surface area contributed by atoms with Gasteiger partial charge >= 0.3 is 46.6 Å². The molecule has 0 aliphatic carbocycles. The third kappa shape index (κ3) is 36.0. The molecule has 0 fully saturated rings. The van der Waals surface area contributed by atoms with Crippen LogP contribution in [0.25, 0.3) is 0 Å². The molecule has 1 radical (unpaired) electrons. The second-order valence-corrected chi connectivity index (χ2v) is 3.20. The molecule has 6 nitrogen and oxygen atoms in total. The standard InChI is InChI=1S/3C4H6O2.Fe.Na.H/c3*1-3(2)4(5)6;;;/h3*1H2,2H3,(H,5,6);;;/q;;;+3;+1;-1/p-3. The van der Waals surface area contributed by atoms with Gasteiger partial charge in [0.2, 0.25) is 0 Å². The van der Waals surface area contributed by atoms with Crippen LogP contribution in [-0.4, -0.2) is 17.9 Å². The molecule has 0 aliphatic heterocycles. The van der Waals surface area contributed by atoms with Crippen molar-refractivity contribution in [3.63, 3.8) is 0 Å². The number of carbonyl (C=O) groups is 3. The first kappa shape index (κ1) is 31.5. The van der Waals surface area contributed by atoms with Crippen molar-refractivity contribution >= 4 is 17.9 Å². The van der Waals surface area contributed by atoms with Gasteiger partial charge in [0.15, 0.2) is 0 Å². The van der Waals surface area contributed by atoms with Gasteiger partial charge in [-0.15, -0.1) is 0 Å². The minimum absolute atomic E-state index is 0. The Hall–Kier alpha value is -0.851. The topological polar surface area (TPSA) is 120 Å². The Morgan fingerprint density at radius 2 is 0.750 bits per heavy atom. The van der Waals surface area contributed by atoms with E-state index < -0.39 is 17.9 Å². The summed E-state index contributed by atoms with van der Waals surface area (Å²) in [5.74, 6) is -3.56. The van der Waals surface area contributed by atoms with Gasteiger partial charge in [0.05, 0.1) is 17.9 Å². The van der Waals surface area contributed by atoms with Crippen molar-refractivity contribution in [3.05, 3.63) is 36.5 Å². The molecule has 0 bridgehead atoms. The van der Waals surface area contributed by atoms with E-state index in [1.807, 2.05) is 0 Å². The molecule has 0 aliphatic rings. The zero-order chi connectivity index (χ0) is 15.5. The molecule has 0 aromatic carbocycles. The molecular weight excluding hydrogens is 319 g/mol. The Morgan fingerprint density at radius 1 is 0.700 bits per heavy atom. The van der Waals surface area contributed by atoms with Crippen LogP contribution in [0.5, 0.6) is 0 Å². The Bertz CT molecular complexity index is 289. The van der Waals surface area contributed by atoms with E-state index in [1.165, 1.54) is 20.8 Å². The Kier molecular flexibility index (Phi) is 28.6. The minimum atomic E-state index is -1.19. The maximum atomic E-state index is 9.49. The van der Waals surface area contributed by atoms with Crippen LogP contribution in [0.1, 0.15) is 22.2 Å². The summed E-state index contributed by atoms with van der Waals surface area (Å²) in [4.78, 5) is 28.5. The van der Waals surface area contributed by atoms with E-state index in [-0.39, 0.29) is 64.8 Å². The van der Waals surface area contributed by atoms with Crippen LogP contribution in [0.4, 0.5) is 0 Å². The average Bonchev–Trinajstić information content (AvgIpc) is 2.18. The number of carboxylic acids is 3. The number of aliphatic carboxylic acids is 3.